The molecule has 0 bridgehead atoms. The second kappa shape index (κ2) is 6.03. The summed E-state index contributed by atoms with van der Waals surface area (Å²) in [5.74, 6) is 0.797. The Kier molecular flexibility index (Phi) is 4.97. The molecule has 0 aromatic heterocycles. The molecule has 0 aliphatic heterocycles. The smallest absolute Gasteiger partial charge is 0.119 e. The molecule has 0 heterocycles. The maximum atomic E-state index is 9.74. The molecule has 0 unspecified atom stereocenters. The molecule has 0 radical (unpaired) electrons. The number of hydrogen-bond acceptors (Lipinski definition) is 3. The van der Waals surface area contributed by atoms with Crippen LogP contribution in [0.2, 0.25) is 0 Å². The maximum Gasteiger partial charge on any atom is 0.119 e. The van der Waals surface area contributed by atoms with Gasteiger partial charge in [-0.1, -0.05) is 17.7 Å². The van der Waals surface area contributed by atoms with Gasteiger partial charge in [0.25, 0.3) is 0 Å². The van der Waals surface area contributed by atoms with Crippen molar-refractivity contribution in [3.63, 3.8) is 0 Å². The molecular formula is C14H23NO2. The van der Waals surface area contributed by atoms with Crippen molar-refractivity contribution in [3.05, 3.63) is 29.8 Å². The number of aliphatic hydroxyl groups excluding tert-OH is 1. The molecule has 0 aliphatic carbocycles. The first-order valence-electron chi connectivity index (χ1n) is 5.99. The van der Waals surface area contributed by atoms with Crippen LogP contribution in [0.25, 0.3) is 0 Å². The van der Waals surface area contributed by atoms with Crippen LogP contribution in [-0.2, 0) is 0 Å². The zero-order valence-corrected chi connectivity index (χ0v) is 11.2. The van der Waals surface area contributed by atoms with Crippen molar-refractivity contribution in [2.75, 3.05) is 13.2 Å². The van der Waals surface area contributed by atoms with E-state index in [1.807, 2.05) is 31.2 Å². The average Bonchev–Trinajstić information content (AvgIpc) is 2.25. The van der Waals surface area contributed by atoms with Crippen molar-refractivity contribution >= 4 is 0 Å². The fourth-order valence-corrected chi connectivity index (χ4v) is 1.31. The predicted molar refractivity (Wildman–Crippen MR) is 70.4 cm³/mol. The number of nitrogens with one attached hydrogen (secondary N) is 1. The van der Waals surface area contributed by atoms with Crippen molar-refractivity contribution < 1.29 is 9.84 Å². The third kappa shape index (κ3) is 6.29. The second-order valence-corrected chi connectivity index (χ2v) is 5.41. The highest BCUT2D eigenvalue weighted by Crippen LogP contribution is 2.11. The fourth-order valence-electron chi connectivity index (χ4n) is 1.31. The molecule has 17 heavy (non-hydrogen) atoms. The van der Waals surface area contributed by atoms with E-state index < -0.39 is 6.10 Å². The molecule has 0 aliphatic rings. The molecule has 0 amide bonds. The number of aryl methyl sites for hydroxylation is 1. The molecular weight excluding hydrogens is 214 g/mol. The summed E-state index contributed by atoms with van der Waals surface area (Å²) < 4.78 is 5.50. The highest BCUT2D eigenvalue weighted by Gasteiger charge is 2.12. The van der Waals surface area contributed by atoms with E-state index in [9.17, 15) is 5.11 Å². The van der Waals surface area contributed by atoms with Gasteiger partial charge in [0.2, 0.25) is 0 Å². The van der Waals surface area contributed by atoms with E-state index in [0.29, 0.717) is 13.2 Å². The standard InChI is InChI=1S/C14H23NO2/c1-11-5-7-13(8-6-11)17-10-12(16)9-15-14(2,3)4/h5-8,12,15-16H,9-10H2,1-4H3/t12-/m1/s1. The van der Waals surface area contributed by atoms with E-state index in [2.05, 4.69) is 26.1 Å². The van der Waals surface area contributed by atoms with Gasteiger partial charge in [-0.3, -0.25) is 0 Å². The Morgan fingerprint density at radius 1 is 1.24 bits per heavy atom. The fraction of sp³-hybridized carbons (Fsp3) is 0.571. The summed E-state index contributed by atoms with van der Waals surface area (Å²) in [5.41, 5.74) is 1.22. The monoisotopic (exact) mass is 237 g/mol. The molecule has 0 saturated heterocycles. The third-order valence-corrected chi connectivity index (χ3v) is 2.33. The Labute approximate surface area is 104 Å². The lowest BCUT2D eigenvalue weighted by Gasteiger charge is -2.22. The Hall–Kier alpha value is -1.06. The average molecular weight is 237 g/mol. The van der Waals surface area contributed by atoms with Crippen LogP contribution in [-0.4, -0.2) is 29.9 Å². The highest BCUT2D eigenvalue weighted by molar-refractivity contribution is 5.26. The van der Waals surface area contributed by atoms with E-state index in [4.69, 9.17) is 4.74 Å². The zero-order valence-electron chi connectivity index (χ0n) is 11.2. The topological polar surface area (TPSA) is 41.5 Å². The summed E-state index contributed by atoms with van der Waals surface area (Å²) >= 11 is 0. The van der Waals surface area contributed by atoms with Crippen molar-refractivity contribution in [1.82, 2.24) is 5.32 Å². The maximum absolute atomic E-state index is 9.74. The first-order chi connectivity index (χ1) is 7.87. The Morgan fingerprint density at radius 2 is 1.82 bits per heavy atom. The van der Waals surface area contributed by atoms with Gasteiger partial charge in [0.15, 0.2) is 0 Å². The molecule has 96 valence electrons. The minimum atomic E-state index is -0.490. The Balaban J connectivity index is 2.28. The van der Waals surface area contributed by atoms with Crippen molar-refractivity contribution in [1.29, 1.82) is 0 Å². The summed E-state index contributed by atoms with van der Waals surface area (Å²) in [4.78, 5) is 0. The zero-order chi connectivity index (χ0) is 12.9. The molecule has 1 aromatic rings. The van der Waals surface area contributed by atoms with Crippen molar-refractivity contribution in [2.24, 2.45) is 0 Å². The minimum absolute atomic E-state index is 0.0187. The van der Waals surface area contributed by atoms with Crippen LogP contribution in [0.3, 0.4) is 0 Å². The van der Waals surface area contributed by atoms with E-state index in [0.717, 1.165) is 5.75 Å². The number of hydrogen-bond donors (Lipinski definition) is 2. The Morgan fingerprint density at radius 3 is 2.35 bits per heavy atom. The van der Waals surface area contributed by atoms with Gasteiger partial charge in [-0.25, -0.2) is 0 Å². The van der Waals surface area contributed by atoms with Crippen molar-refractivity contribution in [2.45, 2.75) is 39.3 Å². The predicted octanol–water partition coefficient (Wildman–Crippen LogP) is 2.12. The van der Waals surface area contributed by atoms with E-state index in [-0.39, 0.29) is 5.54 Å². The van der Waals surface area contributed by atoms with Gasteiger partial charge in [0.05, 0.1) is 0 Å². The first-order valence-corrected chi connectivity index (χ1v) is 5.99. The molecule has 0 spiro atoms. The lowest BCUT2D eigenvalue weighted by molar-refractivity contribution is 0.100. The van der Waals surface area contributed by atoms with Gasteiger partial charge in [0, 0.05) is 12.1 Å². The van der Waals surface area contributed by atoms with E-state index in [1.54, 1.807) is 0 Å². The normalized spacial score (nSPS) is 13.5. The summed E-state index contributed by atoms with van der Waals surface area (Å²) in [5, 5.41) is 13.0. The van der Waals surface area contributed by atoms with Crippen LogP contribution in [0.5, 0.6) is 5.75 Å². The molecule has 1 atom stereocenters. The number of rotatable bonds is 5. The summed E-state index contributed by atoms with van der Waals surface area (Å²) in [6.07, 6.45) is -0.490. The summed E-state index contributed by atoms with van der Waals surface area (Å²) in [6, 6.07) is 7.82. The molecule has 3 nitrogen and oxygen atoms in total. The first kappa shape index (κ1) is 14.0. The van der Waals surface area contributed by atoms with Crippen LogP contribution in [0, 0.1) is 6.92 Å². The highest BCUT2D eigenvalue weighted by atomic mass is 16.5. The quantitative estimate of drug-likeness (QED) is 0.824. The van der Waals surface area contributed by atoms with Crippen LogP contribution in [0.15, 0.2) is 24.3 Å². The molecule has 0 saturated carbocycles. The SMILES string of the molecule is Cc1ccc(OC[C@H](O)CNC(C)(C)C)cc1. The van der Waals surface area contributed by atoms with Gasteiger partial charge >= 0.3 is 0 Å². The lowest BCUT2D eigenvalue weighted by Crippen LogP contribution is -2.42. The van der Waals surface area contributed by atoms with Crippen molar-refractivity contribution in [3.8, 4) is 5.75 Å². The van der Waals surface area contributed by atoms with Gasteiger partial charge in [-0.15, -0.1) is 0 Å². The summed E-state index contributed by atoms with van der Waals surface area (Å²) in [7, 11) is 0. The number of ether oxygens (including phenoxy) is 1. The number of aliphatic hydroxyl groups is 1. The molecule has 1 rings (SSSR count). The Bertz CT molecular complexity index is 327. The van der Waals surface area contributed by atoms with Gasteiger partial charge < -0.3 is 15.2 Å². The second-order valence-electron chi connectivity index (χ2n) is 5.41. The largest absolute Gasteiger partial charge is 0.491 e. The number of β-amino-alcohol motifs (C(OH)–C–C–N with tert-alkyl or cyclic N) is 1. The van der Waals surface area contributed by atoms with E-state index >= 15 is 0 Å². The van der Waals surface area contributed by atoms with Gasteiger partial charge in [0.1, 0.15) is 18.5 Å². The third-order valence-electron chi connectivity index (χ3n) is 2.33. The van der Waals surface area contributed by atoms with Gasteiger partial charge in [-0.2, -0.15) is 0 Å². The van der Waals surface area contributed by atoms with Crippen LogP contribution in [0.4, 0.5) is 0 Å². The van der Waals surface area contributed by atoms with Gasteiger partial charge in [-0.05, 0) is 39.8 Å². The molecule has 3 heteroatoms. The molecule has 0 fully saturated rings. The van der Waals surface area contributed by atoms with Crippen LogP contribution < -0.4 is 10.1 Å². The number of benzene rings is 1. The molecule has 1 aromatic carbocycles. The molecule has 2 N–H and O–H groups in total. The summed E-state index contributed by atoms with van der Waals surface area (Å²) in [6.45, 7) is 9.09. The van der Waals surface area contributed by atoms with Crippen LogP contribution in [0.1, 0.15) is 26.3 Å². The van der Waals surface area contributed by atoms with E-state index in [1.165, 1.54) is 5.56 Å². The lowest BCUT2D eigenvalue weighted by atomic mass is 10.1. The minimum Gasteiger partial charge on any atom is -0.491 e. The van der Waals surface area contributed by atoms with Crippen LogP contribution >= 0.6 is 0 Å².